The molecule has 6 nitrogen and oxygen atoms in total. The minimum absolute atomic E-state index is 0.270. The van der Waals surface area contributed by atoms with E-state index in [-0.39, 0.29) is 12.1 Å². The first kappa shape index (κ1) is 21.2. The Bertz CT molecular complexity index is 926. The van der Waals surface area contributed by atoms with Crippen LogP contribution in [-0.2, 0) is 22.5 Å². The van der Waals surface area contributed by atoms with Crippen molar-refractivity contribution in [1.82, 2.24) is 9.80 Å². The van der Waals surface area contributed by atoms with Gasteiger partial charge in [-0.2, -0.15) is 0 Å². The van der Waals surface area contributed by atoms with E-state index in [1.54, 1.807) is 11.0 Å². The van der Waals surface area contributed by atoms with E-state index in [4.69, 9.17) is 21.1 Å². The highest BCUT2D eigenvalue weighted by molar-refractivity contribution is 7.14. The second kappa shape index (κ2) is 9.37. The minimum Gasteiger partial charge on any atom is -0.468 e. The van der Waals surface area contributed by atoms with Crippen molar-refractivity contribution in [1.29, 1.82) is 0 Å². The van der Waals surface area contributed by atoms with Crippen molar-refractivity contribution in [2.45, 2.75) is 38.3 Å². The number of piperidine rings is 1. The number of halogens is 1. The lowest BCUT2D eigenvalue weighted by molar-refractivity contribution is -0.147. The van der Waals surface area contributed by atoms with Gasteiger partial charge in [0.1, 0.15) is 6.04 Å². The van der Waals surface area contributed by atoms with Gasteiger partial charge < -0.3 is 14.4 Å². The van der Waals surface area contributed by atoms with Crippen LogP contribution in [0.15, 0.2) is 30.3 Å². The number of nitrogens with zero attached hydrogens (tertiary/aromatic N) is 2. The first-order valence-electron chi connectivity index (χ1n) is 10.2. The highest BCUT2D eigenvalue weighted by Gasteiger charge is 2.33. The Kier molecular flexibility index (Phi) is 6.61. The summed E-state index contributed by atoms with van der Waals surface area (Å²) in [6, 6.07) is 8.71. The molecule has 4 rings (SSSR count). The van der Waals surface area contributed by atoms with E-state index in [1.807, 2.05) is 24.3 Å². The summed E-state index contributed by atoms with van der Waals surface area (Å²) in [7, 11) is 1.39. The molecular formula is C22H25ClN2O4S. The van der Waals surface area contributed by atoms with Crippen LogP contribution in [0.2, 0.25) is 5.02 Å². The average Bonchev–Trinajstić information content (AvgIpc) is 3.17. The predicted molar refractivity (Wildman–Crippen MR) is 116 cm³/mol. The zero-order chi connectivity index (χ0) is 21.1. The largest absolute Gasteiger partial charge is 0.468 e. The number of hydrogen-bond acceptors (Lipinski definition) is 6. The quantitative estimate of drug-likeness (QED) is 0.637. The number of carbonyl (C=O) groups is 2. The van der Waals surface area contributed by atoms with Crippen LogP contribution in [0.25, 0.3) is 0 Å². The van der Waals surface area contributed by atoms with E-state index in [1.165, 1.54) is 29.7 Å². The number of likely N-dealkylation sites (tertiary alicyclic amines) is 1. The predicted octanol–water partition coefficient (Wildman–Crippen LogP) is 4.66. The lowest BCUT2D eigenvalue weighted by Gasteiger charge is -2.33. The number of benzene rings is 1. The molecule has 2 aliphatic heterocycles. The van der Waals surface area contributed by atoms with Gasteiger partial charge in [0, 0.05) is 36.1 Å². The van der Waals surface area contributed by atoms with Crippen LogP contribution in [0, 0.1) is 0 Å². The monoisotopic (exact) mass is 448 g/mol. The second-order valence-electron chi connectivity index (χ2n) is 7.60. The molecule has 1 aromatic carbocycles. The molecule has 1 unspecified atom stereocenters. The second-order valence-corrected chi connectivity index (χ2v) is 9.10. The molecule has 1 atom stereocenters. The summed E-state index contributed by atoms with van der Waals surface area (Å²) in [6.45, 7) is 2.78. The smallest absolute Gasteiger partial charge is 0.416 e. The van der Waals surface area contributed by atoms with Crippen LogP contribution >= 0.6 is 22.9 Å². The maximum atomic E-state index is 12.6. The van der Waals surface area contributed by atoms with Crippen molar-refractivity contribution in [3.8, 4) is 5.06 Å². The maximum Gasteiger partial charge on any atom is 0.416 e. The van der Waals surface area contributed by atoms with Crippen LogP contribution in [0.5, 0.6) is 5.06 Å². The van der Waals surface area contributed by atoms with E-state index in [0.717, 1.165) is 43.5 Å². The number of thiophene rings is 1. The Morgan fingerprint density at radius 2 is 1.90 bits per heavy atom. The molecule has 1 amide bonds. The number of methoxy groups -OCH3 is 1. The molecule has 0 radical (unpaired) electrons. The van der Waals surface area contributed by atoms with Crippen molar-refractivity contribution >= 4 is 35.0 Å². The van der Waals surface area contributed by atoms with Crippen LogP contribution in [0.4, 0.5) is 4.79 Å². The van der Waals surface area contributed by atoms with Gasteiger partial charge in [-0.15, -0.1) is 11.3 Å². The van der Waals surface area contributed by atoms with Gasteiger partial charge in [-0.05, 0) is 48.9 Å². The molecule has 1 fully saturated rings. The number of ether oxygens (including phenoxy) is 2. The van der Waals surface area contributed by atoms with E-state index in [9.17, 15) is 9.59 Å². The molecule has 2 aliphatic rings. The van der Waals surface area contributed by atoms with Gasteiger partial charge in [-0.1, -0.05) is 29.8 Å². The number of hydrogen-bond donors (Lipinski definition) is 0. The molecule has 8 heteroatoms. The molecule has 0 bridgehead atoms. The average molecular weight is 449 g/mol. The zero-order valence-corrected chi connectivity index (χ0v) is 18.5. The zero-order valence-electron chi connectivity index (χ0n) is 16.9. The first-order valence-corrected chi connectivity index (χ1v) is 11.4. The van der Waals surface area contributed by atoms with E-state index in [0.29, 0.717) is 23.2 Å². The summed E-state index contributed by atoms with van der Waals surface area (Å²) >= 11 is 7.90. The van der Waals surface area contributed by atoms with Gasteiger partial charge in [0.15, 0.2) is 5.06 Å². The molecule has 0 N–H and O–H groups in total. The van der Waals surface area contributed by atoms with Crippen molar-refractivity contribution in [3.63, 3.8) is 0 Å². The third kappa shape index (κ3) is 4.48. The number of amides is 1. The normalized spacial score (nSPS) is 17.9. The minimum atomic E-state index is -0.573. The highest BCUT2D eigenvalue weighted by Crippen LogP contribution is 2.38. The molecule has 2 aromatic rings. The van der Waals surface area contributed by atoms with Gasteiger partial charge in [-0.25, -0.2) is 9.59 Å². The fourth-order valence-corrected chi connectivity index (χ4v) is 5.35. The maximum absolute atomic E-state index is 12.6. The molecule has 0 saturated carbocycles. The molecule has 3 heterocycles. The van der Waals surface area contributed by atoms with Gasteiger partial charge in [-0.3, -0.25) is 4.90 Å². The Hall–Kier alpha value is -2.09. The number of rotatable bonds is 4. The summed E-state index contributed by atoms with van der Waals surface area (Å²) < 4.78 is 10.7. The standard InChI is InChI=1S/C22H25ClN2O4S/c1-28-21(26)20(16-7-3-4-8-17(16)23)25-12-9-18-15(14-25)13-19(30-18)29-22(27)24-10-5-2-6-11-24/h3-4,7-8,13,20H,2,5-6,9-12,14H2,1H3. The highest BCUT2D eigenvalue weighted by atomic mass is 35.5. The Morgan fingerprint density at radius 1 is 1.13 bits per heavy atom. The van der Waals surface area contributed by atoms with Crippen molar-refractivity contribution in [3.05, 3.63) is 51.4 Å². The van der Waals surface area contributed by atoms with Crippen LogP contribution in [-0.4, -0.2) is 48.6 Å². The first-order chi connectivity index (χ1) is 14.6. The summed E-state index contributed by atoms with van der Waals surface area (Å²) in [4.78, 5) is 30.1. The van der Waals surface area contributed by atoms with Crippen LogP contribution in [0.1, 0.15) is 41.3 Å². The molecular weight excluding hydrogens is 424 g/mol. The summed E-state index contributed by atoms with van der Waals surface area (Å²) in [5.74, 6) is -0.335. The number of fused-ring (bicyclic) bond motifs is 1. The Labute approximate surface area is 185 Å². The summed E-state index contributed by atoms with van der Waals surface area (Å²) in [5.41, 5.74) is 1.81. The summed E-state index contributed by atoms with van der Waals surface area (Å²) in [6.07, 6.45) is 3.73. The van der Waals surface area contributed by atoms with Crippen molar-refractivity contribution < 1.29 is 19.1 Å². The number of esters is 1. The third-order valence-corrected chi connectivity index (χ3v) is 7.12. The Morgan fingerprint density at radius 3 is 2.63 bits per heavy atom. The van der Waals surface area contributed by atoms with Gasteiger partial charge in [0.2, 0.25) is 0 Å². The molecule has 1 saturated heterocycles. The van der Waals surface area contributed by atoms with E-state index < -0.39 is 6.04 Å². The SMILES string of the molecule is COC(=O)C(c1ccccc1Cl)N1CCc2sc(OC(=O)N3CCCCC3)cc2C1. The topological polar surface area (TPSA) is 59.1 Å². The Balaban J connectivity index is 1.50. The lowest BCUT2D eigenvalue weighted by Crippen LogP contribution is -2.38. The fraction of sp³-hybridized carbons (Fsp3) is 0.455. The molecule has 30 heavy (non-hydrogen) atoms. The van der Waals surface area contributed by atoms with Crippen molar-refractivity contribution in [2.24, 2.45) is 0 Å². The molecule has 0 aliphatic carbocycles. The third-order valence-electron chi connectivity index (χ3n) is 5.67. The van der Waals surface area contributed by atoms with Gasteiger partial charge in [0.25, 0.3) is 0 Å². The number of carbonyl (C=O) groups excluding carboxylic acids is 2. The van der Waals surface area contributed by atoms with Crippen molar-refractivity contribution in [2.75, 3.05) is 26.7 Å². The molecule has 160 valence electrons. The van der Waals surface area contributed by atoms with Gasteiger partial charge >= 0.3 is 12.1 Å². The fourth-order valence-electron chi connectivity index (χ4n) is 4.11. The summed E-state index contributed by atoms with van der Waals surface area (Å²) in [5, 5.41) is 1.16. The van der Waals surface area contributed by atoms with Crippen LogP contribution in [0.3, 0.4) is 0 Å². The molecule has 0 spiro atoms. The molecule has 1 aromatic heterocycles. The lowest BCUT2D eigenvalue weighted by atomic mass is 10.0. The van der Waals surface area contributed by atoms with E-state index in [2.05, 4.69) is 4.90 Å². The van der Waals surface area contributed by atoms with Gasteiger partial charge in [0.05, 0.1) is 7.11 Å². The van der Waals surface area contributed by atoms with Crippen LogP contribution < -0.4 is 4.74 Å². The van der Waals surface area contributed by atoms with E-state index >= 15 is 0 Å².